The molecule has 3 amide bonds. The Morgan fingerprint density at radius 3 is 2.41 bits per heavy atom. The van der Waals surface area contributed by atoms with E-state index in [4.69, 9.17) is 16.3 Å². The van der Waals surface area contributed by atoms with Crippen molar-refractivity contribution >= 4 is 35.0 Å². The molecule has 6 rings (SSSR count). The van der Waals surface area contributed by atoms with Crippen LogP contribution in [0.2, 0.25) is 5.02 Å². The second-order valence-electron chi connectivity index (χ2n) is 11.6. The van der Waals surface area contributed by atoms with Gasteiger partial charge in [-0.25, -0.2) is 0 Å². The van der Waals surface area contributed by atoms with Crippen LogP contribution in [0.3, 0.4) is 0 Å². The summed E-state index contributed by atoms with van der Waals surface area (Å²) >= 11 is 6.64. The standard InChI is InChI=1S/C32H34ClN3O5/c1-20-10-7-13-23(33)26(20)35-17-9-15-32-25(24-28(38)34(3)16-8-14-31(24,2)41-32)29(39)36(27(32)30(35)40)22(19-37)18-21-11-5-4-6-12-21/h4-15,22,24-25,27,37H,16-19H2,1-3H3/t22-,24+,25+,27?,31-,32+/m1/s1. The van der Waals surface area contributed by atoms with Gasteiger partial charge in [0.25, 0.3) is 5.91 Å². The molecule has 4 heterocycles. The highest BCUT2D eigenvalue weighted by atomic mass is 35.5. The van der Waals surface area contributed by atoms with Crippen molar-refractivity contribution in [2.75, 3.05) is 31.6 Å². The number of hydrogen-bond acceptors (Lipinski definition) is 5. The molecule has 2 aromatic carbocycles. The number of carbonyl (C=O) groups is 3. The van der Waals surface area contributed by atoms with Gasteiger partial charge in [-0.15, -0.1) is 0 Å². The molecule has 0 saturated carbocycles. The molecule has 4 aliphatic rings. The molecule has 0 aliphatic carbocycles. The van der Waals surface area contributed by atoms with E-state index >= 15 is 0 Å². The molecular weight excluding hydrogens is 542 g/mol. The largest absolute Gasteiger partial charge is 0.394 e. The molecule has 9 heteroatoms. The number of anilines is 1. The highest BCUT2D eigenvalue weighted by Gasteiger charge is 2.75. The molecule has 1 spiro atoms. The Morgan fingerprint density at radius 2 is 1.71 bits per heavy atom. The lowest BCUT2D eigenvalue weighted by Crippen LogP contribution is -2.59. The third-order valence-electron chi connectivity index (χ3n) is 9.07. The third kappa shape index (κ3) is 4.15. The van der Waals surface area contributed by atoms with E-state index in [1.165, 1.54) is 4.90 Å². The summed E-state index contributed by atoms with van der Waals surface area (Å²) in [6, 6.07) is 13.2. The Hall–Kier alpha value is -3.46. The number of likely N-dealkylation sites (tertiary alicyclic amines) is 1. The van der Waals surface area contributed by atoms with Crippen molar-refractivity contribution in [1.82, 2.24) is 9.80 Å². The van der Waals surface area contributed by atoms with Crippen molar-refractivity contribution in [2.45, 2.75) is 43.6 Å². The van der Waals surface area contributed by atoms with Crippen LogP contribution in [0.15, 0.2) is 72.8 Å². The van der Waals surface area contributed by atoms with Crippen LogP contribution in [0.5, 0.6) is 0 Å². The summed E-state index contributed by atoms with van der Waals surface area (Å²) in [6.07, 6.45) is 7.71. The van der Waals surface area contributed by atoms with Crippen LogP contribution in [0.1, 0.15) is 18.1 Å². The maximum absolute atomic E-state index is 14.8. The van der Waals surface area contributed by atoms with Gasteiger partial charge < -0.3 is 24.5 Å². The van der Waals surface area contributed by atoms with E-state index in [1.807, 2.05) is 80.6 Å². The second kappa shape index (κ2) is 10.1. The molecule has 2 fully saturated rings. The fourth-order valence-electron chi connectivity index (χ4n) is 7.28. The average Bonchev–Trinajstić information content (AvgIpc) is 3.23. The molecule has 0 radical (unpaired) electrons. The Morgan fingerprint density at radius 1 is 0.976 bits per heavy atom. The minimum atomic E-state index is -1.42. The monoisotopic (exact) mass is 575 g/mol. The lowest BCUT2D eigenvalue weighted by molar-refractivity contribution is -0.150. The first-order valence-corrected chi connectivity index (χ1v) is 14.3. The number of hydrogen-bond donors (Lipinski definition) is 1. The second-order valence-corrected chi connectivity index (χ2v) is 12.1. The summed E-state index contributed by atoms with van der Waals surface area (Å²) < 4.78 is 6.86. The van der Waals surface area contributed by atoms with Crippen LogP contribution < -0.4 is 4.90 Å². The topological polar surface area (TPSA) is 90.4 Å². The quantitative estimate of drug-likeness (QED) is 0.553. The van der Waals surface area contributed by atoms with E-state index in [2.05, 4.69) is 0 Å². The van der Waals surface area contributed by atoms with Crippen LogP contribution in [-0.2, 0) is 25.5 Å². The molecule has 0 bridgehead atoms. The molecule has 2 saturated heterocycles. The van der Waals surface area contributed by atoms with Crippen LogP contribution in [0.4, 0.5) is 5.69 Å². The first kappa shape index (κ1) is 27.7. The summed E-state index contributed by atoms with van der Waals surface area (Å²) in [5.41, 5.74) is -0.218. The first-order valence-electron chi connectivity index (χ1n) is 14.0. The molecule has 41 heavy (non-hydrogen) atoms. The van der Waals surface area contributed by atoms with Gasteiger partial charge in [0.15, 0.2) is 0 Å². The van der Waals surface area contributed by atoms with Gasteiger partial charge in [-0.2, -0.15) is 0 Å². The maximum atomic E-state index is 14.8. The smallest absolute Gasteiger partial charge is 0.253 e. The number of carbonyl (C=O) groups excluding carboxylic acids is 3. The molecule has 214 valence electrons. The summed E-state index contributed by atoms with van der Waals surface area (Å²) in [6.45, 7) is 3.96. The van der Waals surface area contributed by atoms with E-state index in [0.717, 1.165) is 11.1 Å². The fourth-order valence-corrected chi connectivity index (χ4v) is 7.60. The lowest BCUT2D eigenvalue weighted by atomic mass is 9.74. The van der Waals surface area contributed by atoms with Crippen LogP contribution in [0, 0.1) is 18.8 Å². The van der Waals surface area contributed by atoms with Crippen molar-refractivity contribution < 1.29 is 24.2 Å². The van der Waals surface area contributed by atoms with E-state index in [-0.39, 0.29) is 30.9 Å². The van der Waals surface area contributed by atoms with E-state index < -0.39 is 35.1 Å². The molecule has 4 aliphatic heterocycles. The minimum absolute atomic E-state index is 0.208. The molecule has 6 atom stereocenters. The summed E-state index contributed by atoms with van der Waals surface area (Å²) in [7, 11) is 1.71. The Kier molecular flexibility index (Phi) is 6.83. The average molecular weight is 576 g/mol. The number of aryl methyl sites for hydroxylation is 1. The van der Waals surface area contributed by atoms with Gasteiger partial charge in [0.2, 0.25) is 11.8 Å². The van der Waals surface area contributed by atoms with Crippen molar-refractivity contribution in [2.24, 2.45) is 11.8 Å². The number of likely N-dealkylation sites (N-methyl/N-ethyl adjacent to an activating group) is 1. The summed E-state index contributed by atoms with van der Waals surface area (Å²) in [5.74, 6) is -2.73. The number of nitrogens with zero attached hydrogens (tertiary/aromatic N) is 3. The molecular formula is C32H34ClN3O5. The number of aliphatic hydroxyl groups excluding tert-OH is 1. The number of fused-ring (bicyclic) bond motifs is 2. The highest BCUT2D eigenvalue weighted by molar-refractivity contribution is 6.34. The van der Waals surface area contributed by atoms with Crippen LogP contribution in [-0.4, -0.2) is 82.7 Å². The molecule has 1 unspecified atom stereocenters. The summed E-state index contributed by atoms with van der Waals surface area (Å²) in [5, 5.41) is 11.1. The number of rotatable bonds is 5. The highest BCUT2D eigenvalue weighted by Crippen LogP contribution is 2.58. The molecule has 8 nitrogen and oxygen atoms in total. The van der Waals surface area contributed by atoms with Gasteiger partial charge in [-0.05, 0) is 37.5 Å². The van der Waals surface area contributed by atoms with Crippen molar-refractivity contribution in [3.05, 3.63) is 89.0 Å². The van der Waals surface area contributed by atoms with Gasteiger partial charge in [0, 0.05) is 20.1 Å². The van der Waals surface area contributed by atoms with Gasteiger partial charge in [0.05, 0.1) is 40.8 Å². The van der Waals surface area contributed by atoms with E-state index in [1.54, 1.807) is 22.9 Å². The van der Waals surface area contributed by atoms with Crippen LogP contribution in [0.25, 0.3) is 0 Å². The zero-order valence-electron chi connectivity index (χ0n) is 23.4. The zero-order valence-corrected chi connectivity index (χ0v) is 24.1. The number of halogens is 1. The minimum Gasteiger partial charge on any atom is -0.394 e. The zero-order chi connectivity index (χ0) is 29.1. The lowest BCUT2D eigenvalue weighted by Gasteiger charge is -2.40. The third-order valence-corrected chi connectivity index (χ3v) is 9.38. The SMILES string of the molecule is Cc1cccc(Cl)c1N1CC=C[C@]23O[C@]4(C)C=CCN(C)C(=O)[C@@H]4[C@H]2C(=O)N([C@@H](CO)Cc2ccccc2)C3C1=O. The maximum Gasteiger partial charge on any atom is 0.253 e. The predicted molar refractivity (Wildman–Crippen MR) is 155 cm³/mol. The number of para-hydroxylation sites is 1. The van der Waals surface area contributed by atoms with Gasteiger partial charge >= 0.3 is 0 Å². The van der Waals surface area contributed by atoms with E-state index in [9.17, 15) is 19.5 Å². The Bertz CT molecular complexity index is 1440. The first-order chi connectivity index (χ1) is 19.6. The van der Waals surface area contributed by atoms with Crippen LogP contribution >= 0.6 is 11.6 Å². The number of amides is 3. The number of ether oxygens (including phenoxy) is 1. The van der Waals surface area contributed by atoms with Gasteiger partial charge in [-0.3, -0.25) is 14.4 Å². The Labute approximate surface area is 244 Å². The molecule has 0 aromatic heterocycles. The summed E-state index contributed by atoms with van der Waals surface area (Å²) in [4.78, 5) is 47.9. The normalized spacial score (nSPS) is 31.6. The molecule has 1 N–H and O–H groups in total. The van der Waals surface area contributed by atoms with E-state index in [0.29, 0.717) is 23.7 Å². The van der Waals surface area contributed by atoms with Gasteiger partial charge in [-0.1, -0.05) is 78.4 Å². The molecule has 2 aromatic rings. The number of benzene rings is 2. The van der Waals surface area contributed by atoms with Crippen molar-refractivity contribution in [3.8, 4) is 0 Å². The number of aliphatic hydroxyl groups is 1. The fraction of sp³-hybridized carbons (Fsp3) is 0.406. The van der Waals surface area contributed by atoms with Crippen molar-refractivity contribution in [1.29, 1.82) is 0 Å². The predicted octanol–water partition coefficient (Wildman–Crippen LogP) is 3.15. The van der Waals surface area contributed by atoms with Crippen molar-refractivity contribution in [3.63, 3.8) is 0 Å². The Balaban J connectivity index is 1.53. The van der Waals surface area contributed by atoms with Gasteiger partial charge in [0.1, 0.15) is 11.6 Å².